The predicted octanol–water partition coefficient (Wildman–Crippen LogP) is 0.720. The Morgan fingerprint density at radius 1 is 1.26 bits per heavy atom. The van der Waals surface area contributed by atoms with Crippen LogP contribution in [0.4, 0.5) is 0 Å². The lowest BCUT2D eigenvalue weighted by atomic mass is 10.2. The number of sulfonamides is 1. The summed E-state index contributed by atoms with van der Waals surface area (Å²) in [4.78, 5) is 12.1. The molecular formula is C15H25N3O4S. The number of methoxy groups -OCH3 is 1. The maximum atomic E-state index is 12.4. The highest BCUT2D eigenvalue weighted by molar-refractivity contribution is 7.89. The smallest absolute Gasteiger partial charge is 0.251 e. The van der Waals surface area contributed by atoms with Gasteiger partial charge in [0.2, 0.25) is 10.0 Å². The molecule has 0 fully saturated rings. The number of likely N-dealkylation sites (N-methyl/N-ethyl adjacent to an activating group) is 1. The number of hydrogen-bond acceptors (Lipinski definition) is 5. The van der Waals surface area contributed by atoms with Gasteiger partial charge in [-0.05, 0) is 46.0 Å². The van der Waals surface area contributed by atoms with E-state index >= 15 is 0 Å². The summed E-state index contributed by atoms with van der Waals surface area (Å²) in [6.45, 7) is 5.81. The van der Waals surface area contributed by atoms with Crippen LogP contribution in [-0.4, -0.2) is 47.1 Å². The lowest BCUT2D eigenvalue weighted by Gasteiger charge is -2.15. The molecule has 8 heteroatoms. The molecule has 0 bridgehead atoms. The second-order valence-electron chi connectivity index (χ2n) is 5.54. The topological polar surface area (TPSA) is 96.5 Å². The molecule has 0 saturated heterocycles. The number of rotatable bonds is 8. The molecule has 7 nitrogen and oxygen atoms in total. The van der Waals surface area contributed by atoms with Crippen molar-refractivity contribution in [2.45, 2.75) is 37.8 Å². The van der Waals surface area contributed by atoms with E-state index in [0.717, 1.165) is 0 Å². The zero-order valence-corrected chi connectivity index (χ0v) is 15.0. The molecule has 130 valence electrons. The van der Waals surface area contributed by atoms with Crippen molar-refractivity contribution in [2.75, 3.05) is 20.7 Å². The summed E-state index contributed by atoms with van der Waals surface area (Å²) in [6.07, 6.45) is 0. The molecule has 1 aromatic rings. The highest BCUT2D eigenvalue weighted by Crippen LogP contribution is 2.25. The number of carbonyl (C=O) groups excluding carboxylic acids is 1. The van der Waals surface area contributed by atoms with Crippen LogP contribution in [0, 0.1) is 0 Å². The van der Waals surface area contributed by atoms with E-state index in [0.29, 0.717) is 6.54 Å². The fourth-order valence-electron chi connectivity index (χ4n) is 1.85. The van der Waals surface area contributed by atoms with Crippen molar-refractivity contribution in [2.24, 2.45) is 0 Å². The van der Waals surface area contributed by atoms with Crippen LogP contribution >= 0.6 is 0 Å². The molecule has 23 heavy (non-hydrogen) atoms. The average molecular weight is 343 g/mol. The van der Waals surface area contributed by atoms with Crippen LogP contribution in [0.2, 0.25) is 0 Å². The van der Waals surface area contributed by atoms with Crippen molar-refractivity contribution >= 4 is 15.9 Å². The Hall–Kier alpha value is -1.64. The molecule has 1 rings (SSSR count). The maximum absolute atomic E-state index is 12.4. The van der Waals surface area contributed by atoms with E-state index in [-0.39, 0.29) is 34.2 Å². The van der Waals surface area contributed by atoms with E-state index in [9.17, 15) is 13.2 Å². The van der Waals surface area contributed by atoms with Gasteiger partial charge in [0.15, 0.2) is 0 Å². The summed E-state index contributed by atoms with van der Waals surface area (Å²) in [5.74, 6) is -0.144. The lowest BCUT2D eigenvalue weighted by molar-refractivity contribution is 0.0950. The van der Waals surface area contributed by atoms with Gasteiger partial charge >= 0.3 is 0 Å². The van der Waals surface area contributed by atoms with Gasteiger partial charge in [-0.25, -0.2) is 13.1 Å². The van der Waals surface area contributed by atoms with Gasteiger partial charge in [0.05, 0.1) is 7.11 Å². The number of carbonyl (C=O) groups is 1. The SMILES string of the molecule is CNC(C)CNC(=O)c1ccc(OC)c(S(=O)(=O)NC(C)C)c1. The summed E-state index contributed by atoms with van der Waals surface area (Å²) in [5, 5.41) is 5.76. The molecule has 0 aliphatic heterocycles. The van der Waals surface area contributed by atoms with E-state index in [4.69, 9.17) is 4.74 Å². The Kier molecular flexibility index (Phi) is 6.99. The van der Waals surface area contributed by atoms with Crippen molar-refractivity contribution in [1.82, 2.24) is 15.4 Å². The van der Waals surface area contributed by atoms with E-state index in [1.165, 1.54) is 25.3 Å². The normalized spacial score (nSPS) is 13.0. The second-order valence-corrected chi connectivity index (χ2v) is 7.22. The molecular weight excluding hydrogens is 318 g/mol. The maximum Gasteiger partial charge on any atom is 0.251 e. The van der Waals surface area contributed by atoms with E-state index in [1.54, 1.807) is 20.9 Å². The average Bonchev–Trinajstić information content (AvgIpc) is 2.50. The molecule has 1 amide bonds. The minimum atomic E-state index is -3.76. The van der Waals surface area contributed by atoms with Gasteiger partial charge < -0.3 is 15.4 Å². The number of amides is 1. The summed E-state index contributed by atoms with van der Waals surface area (Å²) >= 11 is 0. The van der Waals surface area contributed by atoms with Crippen LogP contribution in [0.25, 0.3) is 0 Å². The number of nitrogens with one attached hydrogen (secondary N) is 3. The molecule has 0 radical (unpaired) electrons. The Morgan fingerprint density at radius 2 is 1.91 bits per heavy atom. The summed E-state index contributed by atoms with van der Waals surface area (Å²) in [5.41, 5.74) is 0.262. The van der Waals surface area contributed by atoms with Gasteiger partial charge in [0.1, 0.15) is 10.6 Å². The first-order valence-corrected chi connectivity index (χ1v) is 8.85. The first-order valence-electron chi connectivity index (χ1n) is 7.37. The van der Waals surface area contributed by atoms with Crippen LogP contribution in [0.1, 0.15) is 31.1 Å². The lowest BCUT2D eigenvalue weighted by Crippen LogP contribution is -2.37. The molecule has 0 aromatic heterocycles. The number of ether oxygens (including phenoxy) is 1. The minimum absolute atomic E-state index is 0.0528. The van der Waals surface area contributed by atoms with Crippen LogP contribution < -0.4 is 20.1 Å². The standard InChI is InChI=1S/C15H25N3O4S/c1-10(2)18-23(20,21)14-8-12(6-7-13(14)22-5)15(19)17-9-11(3)16-4/h6-8,10-11,16,18H,9H2,1-5H3,(H,17,19). The largest absolute Gasteiger partial charge is 0.495 e. The Balaban J connectivity index is 3.10. The zero-order chi connectivity index (χ0) is 17.6. The Bertz CT molecular complexity index is 644. The zero-order valence-electron chi connectivity index (χ0n) is 14.1. The van der Waals surface area contributed by atoms with Gasteiger partial charge in [-0.3, -0.25) is 4.79 Å². The molecule has 1 aromatic carbocycles. The molecule has 0 spiro atoms. The molecule has 1 unspecified atom stereocenters. The van der Waals surface area contributed by atoms with Crippen molar-refractivity contribution < 1.29 is 17.9 Å². The fraction of sp³-hybridized carbons (Fsp3) is 0.533. The second kappa shape index (κ2) is 8.28. The Labute approximate surface area is 137 Å². The number of hydrogen-bond donors (Lipinski definition) is 3. The summed E-state index contributed by atoms with van der Waals surface area (Å²) in [7, 11) is -0.577. The third-order valence-electron chi connectivity index (χ3n) is 3.17. The van der Waals surface area contributed by atoms with Gasteiger partial charge in [-0.1, -0.05) is 0 Å². The van der Waals surface area contributed by atoms with E-state index < -0.39 is 10.0 Å². The van der Waals surface area contributed by atoms with Crippen molar-refractivity contribution in [3.63, 3.8) is 0 Å². The van der Waals surface area contributed by atoms with E-state index in [1.807, 2.05) is 6.92 Å². The van der Waals surface area contributed by atoms with Crippen molar-refractivity contribution in [3.8, 4) is 5.75 Å². The highest BCUT2D eigenvalue weighted by atomic mass is 32.2. The molecule has 0 saturated carbocycles. The Morgan fingerprint density at radius 3 is 2.43 bits per heavy atom. The fourth-order valence-corrected chi connectivity index (χ4v) is 3.30. The molecule has 1 atom stereocenters. The molecule has 0 aliphatic carbocycles. The molecule has 0 aliphatic rings. The van der Waals surface area contributed by atoms with Crippen LogP contribution in [0.15, 0.2) is 23.1 Å². The van der Waals surface area contributed by atoms with Crippen molar-refractivity contribution in [3.05, 3.63) is 23.8 Å². The van der Waals surface area contributed by atoms with E-state index in [2.05, 4.69) is 15.4 Å². The molecule has 3 N–H and O–H groups in total. The third-order valence-corrected chi connectivity index (χ3v) is 4.85. The van der Waals surface area contributed by atoms with Crippen LogP contribution in [0.5, 0.6) is 5.75 Å². The molecule has 0 heterocycles. The predicted molar refractivity (Wildman–Crippen MR) is 89.3 cm³/mol. The number of benzene rings is 1. The van der Waals surface area contributed by atoms with Gasteiger partial charge in [0.25, 0.3) is 5.91 Å². The minimum Gasteiger partial charge on any atom is -0.495 e. The van der Waals surface area contributed by atoms with Crippen molar-refractivity contribution in [1.29, 1.82) is 0 Å². The third kappa shape index (κ3) is 5.49. The van der Waals surface area contributed by atoms with Crippen LogP contribution in [-0.2, 0) is 10.0 Å². The first-order chi connectivity index (χ1) is 10.7. The quantitative estimate of drug-likeness (QED) is 0.646. The van der Waals surface area contributed by atoms with Gasteiger partial charge in [-0.2, -0.15) is 0 Å². The monoisotopic (exact) mass is 343 g/mol. The van der Waals surface area contributed by atoms with Gasteiger partial charge in [0, 0.05) is 24.2 Å². The van der Waals surface area contributed by atoms with Gasteiger partial charge in [-0.15, -0.1) is 0 Å². The highest BCUT2D eigenvalue weighted by Gasteiger charge is 2.22. The summed E-state index contributed by atoms with van der Waals surface area (Å²) in [6, 6.07) is 4.18. The van der Waals surface area contributed by atoms with Crippen LogP contribution in [0.3, 0.4) is 0 Å². The first kappa shape index (κ1) is 19.4. The summed E-state index contributed by atoms with van der Waals surface area (Å²) < 4.78 is 32.3.